The Kier molecular flexibility index (Phi) is 1.69. The summed E-state index contributed by atoms with van der Waals surface area (Å²) in [7, 11) is -2.21. The fraction of sp³-hybridized carbons (Fsp3) is 0.500. The van der Waals surface area contributed by atoms with Crippen LogP contribution < -0.4 is 5.44 Å². The second-order valence-corrected chi connectivity index (χ2v) is 5.71. The Morgan fingerprint density at radius 3 is 2.40 bits per heavy atom. The lowest BCUT2D eigenvalue weighted by Gasteiger charge is -2.00. The molecule has 0 spiro atoms. The molecule has 1 aromatic heterocycles. The summed E-state index contributed by atoms with van der Waals surface area (Å²) >= 11 is 0. The van der Waals surface area contributed by atoms with E-state index in [1.54, 1.807) is 20.3 Å². The van der Waals surface area contributed by atoms with E-state index in [-0.39, 0.29) is 0 Å². The molecule has 0 aliphatic rings. The van der Waals surface area contributed by atoms with E-state index in [1.807, 2.05) is 0 Å². The Morgan fingerprint density at radius 2 is 2.20 bits per heavy atom. The van der Waals surface area contributed by atoms with E-state index in [2.05, 4.69) is 4.98 Å². The van der Waals surface area contributed by atoms with Crippen molar-refractivity contribution >= 4 is 12.6 Å². The van der Waals surface area contributed by atoms with E-state index in [1.165, 1.54) is 6.39 Å². The van der Waals surface area contributed by atoms with E-state index < -0.39 is 7.14 Å². The number of oxazole rings is 1. The van der Waals surface area contributed by atoms with Crippen LogP contribution in [0.5, 0.6) is 0 Å². The van der Waals surface area contributed by atoms with Gasteiger partial charge in [-0.05, 0) is 20.3 Å². The molecule has 0 saturated carbocycles. The fourth-order valence-corrected chi connectivity index (χ4v) is 1.95. The standard InChI is InChI=1S/C6H10NO2P/c1-5-6(7-4-9-5)10(2,3)8/h4H,1-3H3. The second kappa shape index (κ2) is 2.24. The molecule has 0 aromatic carbocycles. The number of aryl methyl sites for hydroxylation is 1. The van der Waals surface area contributed by atoms with Gasteiger partial charge in [-0.25, -0.2) is 4.98 Å². The normalized spacial score (nSPS) is 11.9. The van der Waals surface area contributed by atoms with Crippen molar-refractivity contribution in [1.29, 1.82) is 0 Å². The Morgan fingerprint density at radius 1 is 1.60 bits per heavy atom. The minimum absolute atomic E-state index is 0.604. The predicted molar refractivity (Wildman–Crippen MR) is 40.3 cm³/mol. The first kappa shape index (κ1) is 7.55. The molecule has 0 amide bonds. The molecular formula is C6H10NO2P. The van der Waals surface area contributed by atoms with Crippen LogP contribution in [-0.2, 0) is 4.57 Å². The SMILES string of the molecule is Cc1ocnc1P(C)(C)=O. The number of hydrogen-bond acceptors (Lipinski definition) is 3. The first-order valence-corrected chi connectivity index (χ1v) is 5.57. The van der Waals surface area contributed by atoms with Gasteiger partial charge in [-0.2, -0.15) is 0 Å². The number of nitrogens with zero attached hydrogens (tertiary/aromatic N) is 1. The molecule has 1 rings (SSSR count). The summed E-state index contributed by atoms with van der Waals surface area (Å²) in [5, 5.41) is 0. The average molecular weight is 159 g/mol. The zero-order valence-corrected chi connectivity index (χ0v) is 7.18. The first-order chi connectivity index (χ1) is 4.52. The molecule has 0 fully saturated rings. The van der Waals surface area contributed by atoms with Crippen LogP contribution in [0.1, 0.15) is 5.76 Å². The van der Waals surface area contributed by atoms with Crippen molar-refractivity contribution in [2.24, 2.45) is 0 Å². The van der Waals surface area contributed by atoms with Crippen molar-refractivity contribution in [3.05, 3.63) is 12.2 Å². The Hall–Kier alpha value is -0.560. The van der Waals surface area contributed by atoms with Crippen LogP contribution in [0.3, 0.4) is 0 Å². The number of rotatable bonds is 1. The lowest BCUT2D eigenvalue weighted by atomic mass is 10.6. The molecule has 10 heavy (non-hydrogen) atoms. The van der Waals surface area contributed by atoms with Gasteiger partial charge in [0.25, 0.3) is 0 Å². The summed E-state index contributed by atoms with van der Waals surface area (Å²) in [4.78, 5) is 3.86. The van der Waals surface area contributed by atoms with Crippen LogP contribution in [0.25, 0.3) is 0 Å². The highest BCUT2D eigenvalue weighted by Crippen LogP contribution is 2.34. The molecule has 0 N–H and O–H groups in total. The average Bonchev–Trinajstić information content (AvgIpc) is 2.11. The Bertz CT molecular complexity index is 273. The third kappa shape index (κ3) is 1.29. The molecule has 1 aromatic rings. The van der Waals surface area contributed by atoms with Crippen LogP contribution in [-0.4, -0.2) is 18.3 Å². The molecule has 0 saturated heterocycles. The molecule has 0 atom stereocenters. The van der Waals surface area contributed by atoms with Gasteiger partial charge < -0.3 is 8.98 Å². The van der Waals surface area contributed by atoms with Gasteiger partial charge >= 0.3 is 0 Å². The van der Waals surface area contributed by atoms with Crippen molar-refractivity contribution in [2.45, 2.75) is 6.92 Å². The molecule has 0 bridgehead atoms. The highest BCUT2D eigenvalue weighted by molar-refractivity contribution is 7.69. The summed E-state index contributed by atoms with van der Waals surface area (Å²) in [6.45, 7) is 5.12. The third-order valence-electron chi connectivity index (χ3n) is 1.23. The molecule has 0 aliphatic carbocycles. The maximum absolute atomic E-state index is 11.4. The van der Waals surface area contributed by atoms with Gasteiger partial charge in [-0.15, -0.1) is 0 Å². The van der Waals surface area contributed by atoms with Gasteiger partial charge in [0, 0.05) is 0 Å². The fourth-order valence-electron chi connectivity index (χ4n) is 0.817. The van der Waals surface area contributed by atoms with Gasteiger partial charge in [0.2, 0.25) is 0 Å². The predicted octanol–water partition coefficient (Wildman–Crippen LogP) is 1.23. The van der Waals surface area contributed by atoms with E-state index in [0.29, 0.717) is 11.2 Å². The molecule has 3 nitrogen and oxygen atoms in total. The van der Waals surface area contributed by atoms with Gasteiger partial charge in [0.15, 0.2) is 6.39 Å². The van der Waals surface area contributed by atoms with Gasteiger partial charge in [-0.1, -0.05) is 0 Å². The largest absolute Gasteiger partial charge is 0.448 e. The lowest BCUT2D eigenvalue weighted by molar-refractivity contribution is 0.528. The smallest absolute Gasteiger partial charge is 0.181 e. The van der Waals surface area contributed by atoms with Crippen LogP contribution in [0.4, 0.5) is 0 Å². The van der Waals surface area contributed by atoms with Crippen LogP contribution in [0, 0.1) is 6.92 Å². The quantitative estimate of drug-likeness (QED) is 0.579. The number of hydrogen-bond donors (Lipinski definition) is 0. The Balaban J connectivity index is 3.18. The second-order valence-electron chi connectivity index (χ2n) is 2.58. The van der Waals surface area contributed by atoms with Crippen LogP contribution in [0.2, 0.25) is 0 Å². The van der Waals surface area contributed by atoms with E-state index in [4.69, 9.17) is 4.42 Å². The molecule has 0 aliphatic heterocycles. The topological polar surface area (TPSA) is 43.1 Å². The van der Waals surface area contributed by atoms with Crippen LogP contribution >= 0.6 is 7.14 Å². The van der Waals surface area contributed by atoms with Gasteiger partial charge in [-0.3, -0.25) is 0 Å². The minimum Gasteiger partial charge on any atom is -0.448 e. The van der Waals surface area contributed by atoms with Crippen molar-refractivity contribution < 1.29 is 8.98 Å². The molecule has 56 valence electrons. The molecular weight excluding hydrogens is 149 g/mol. The van der Waals surface area contributed by atoms with Crippen molar-refractivity contribution in [1.82, 2.24) is 4.98 Å². The van der Waals surface area contributed by atoms with Crippen LogP contribution in [0.15, 0.2) is 10.8 Å². The van der Waals surface area contributed by atoms with E-state index >= 15 is 0 Å². The summed E-state index contributed by atoms with van der Waals surface area (Å²) in [6, 6.07) is 0. The van der Waals surface area contributed by atoms with Crippen molar-refractivity contribution in [2.75, 3.05) is 13.3 Å². The zero-order chi connectivity index (χ0) is 7.78. The highest BCUT2D eigenvalue weighted by atomic mass is 31.2. The van der Waals surface area contributed by atoms with Crippen molar-refractivity contribution in [3.8, 4) is 0 Å². The highest BCUT2D eigenvalue weighted by Gasteiger charge is 2.17. The molecule has 4 heteroatoms. The number of aromatic nitrogens is 1. The zero-order valence-electron chi connectivity index (χ0n) is 6.29. The summed E-state index contributed by atoms with van der Waals surface area (Å²) in [5.74, 6) is 0.660. The summed E-state index contributed by atoms with van der Waals surface area (Å²) < 4.78 is 16.3. The summed E-state index contributed by atoms with van der Waals surface area (Å²) in [5.41, 5.74) is 0.604. The van der Waals surface area contributed by atoms with E-state index in [0.717, 1.165) is 0 Å². The molecule has 1 heterocycles. The lowest BCUT2D eigenvalue weighted by Crippen LogP contribution is -2.06. The van der Waals surface area contributed by atoms with Gasteiger partial charge in [0.05, 0.1) is 0 Å². The third-order valence-corrected chi connectivity index (χ3v) is 2.68. The maximum Gasteiger partial charge on any atom is 0.181 e. The molecule has 0 unspecified atom stereocenters. The first-order valence-electron chi connectivity index (χ1n) is 2.97. The summed E-state index contributed by atoms with van der Waals surface area (Å²) in [6.07, 6.45) is 1.32. The maximum atomic E-state index is 11.4. The van der Waals surface area contributed by atoms with Crippen molar-refractivity contribution in [3.63, 3.8) is 0 Å². The van der Waals surface area contributed by atoms with Gasteiger partial charge in [0.1, 0.15) is 18.3 Å². The monoisotopic (exact) mass is 159 g/mol. The minimum atomic E-state index is -2.21. The van der Waals surface area contributed by atoms with E-state index in [9.17, 15) is 4.57 Å². The molecule has 0 radical (unpaired) electrons. The Labute approximate surface area is 59.8 Å².